The van der Waals surface area contributed by atoms with Gasteiger partial charge < -0.3 is 19.1 Å². The number of para-hydroxylation sites is 1. The fraction of sp³-hybridized carbons (Fsp3) is 0.412. The fourth-order valence-corrected chi connectivity index (χ4v) is 2.74. The van der Waals surface area contributed by atoms with Crippen LogP contribution in [0.2, 0.25) is 0 Å². The van der Waals surface area contributed by atoms with Crippen molar-refractivity contribution in [2.75, 3.05) is 33.3 Å². The SMILES string of the molecule is COc1ccccc1-c1noc(CCC(=O)N2CCN(C=O)CC2)n1. The Morgan fingerprint density at radius 2 is 2.04 bits per heavy atom. The lowest BCUT2D eigenvalue weighted by atomic mass is 10.2. The number of hydrogen-bond donors (Lipinski definition) is 0. The van der Waals surface area contributed by atoms with Crippen LogP contribution in [0.3, 0.4) is 0 Å². The van der Waals surface area contributed by atoms with Gasteiger partial charge >= 0.3 is 0 Å². The van der Waals surface area contributed by atoms with Crippen LogP contribution in [0.15, 0.2) is 28.8 Å². The molecule has 0 radical (unpaired) electrons. The van der Waals surface area contributed by atoms with Gasteiger partial charge in [-0.05, 0) is 12.1 Å². The second kappa shape index (κ2) is 7.78. The molecular weight excluding hydrogens is 324 g/mol. The molecule has 1 aliphatic rings. The van der Waals surface area contributed by atoms with Crippen LogP contribution in [-0.4, -0.2) is 65.5 Å². The van der Waals surface area contributed by atoms with Crippen molar-refractivity contribution in [3.8, 4) is 17.1 Å². The molecule has 3 rings (SSSR count). The molecule has 2 heterocycles. The number of aromatic nitrogens is 2. The lowest BCUT2D eigenvalue weighted by Crippen LogP contribution is -2.48. The molecule has 1 aromatic carbocycles. The fourth-order valence-electron chi connectivity index (χ4n) is 2.74. The number of ether oxygens (including phenoxy) is 1. The first-order chi connectivity index (χ1) is 12.2. The number of nitrogens with zero attached hydrogens (tertiary/aromatic N) is 4. The third-order valence-corrected chi connectivity index (χ3v) is 4.18. The number of rotatable bonds is 6. The highest BCUT2D eigenvalue weighted by molar-refractivity contribution is 5.76. The molecule has 0 saturated carbocycles. The summed E-state index contributed by atoms with van der Waals surface area (Å²) < 4.78 is 10.5. The average molecular weight is 344 g/mol. The first-order valence-electron chi connectivity index (χ1n) is 8.14. The molecule has 1 fully saturated rings. The minimum Gasteiger partial charge on any atom is -0.496 e. The highest BCUT2D eigenvalue weighted by Gasteiger charge is 2.21. The summed E-state index contributed by atoms with van der Waals surface area (Å²) in [5.74, 6) is 1.56. The van der Waals surface area contributed by atoms with Crippen molar-refractivity contribution in [3.63, 3.8) is 0 Å². The van der Waals surface area contributed by atoms with Crippen LogP contribution in [-0.2, 0) is 16.0 Å². The summed E-state index contributed by atoms with van der Waals surface area (Å²) in [5, 5.41) is 3.97. The Bertz CT molecular complexity index is 738. The Hall–Kier alpha value is -2.90. The molecule has 0 N–H and O–H groups in total. The van der Waals surface area contributed by atoms with Crippen LogP contribution in [0.5, 0.6) is 5.75 Å². The largest absolute Gasteiger partial charge is 0.496 e. The van der Waals surface area contributed by atoms with Crippen molar-refractivity contribution in [2.24, 2.45) is 0 Å². The molecule has 1 aliphatic heterocycles. The smallest absolute Gasteiger partial charge is 0.227 e. The van der Waals surface area contributed by atoms with Crippen LogP contribution < -0.4 is 4.74 Å². The standard InChI is InChI=1S/C17H20N4O4/c1-24-14-5-3-2-4-13(14)17-18-15(25-19-17)6-7-16(23)21-10-8-20(12-22)9-11-21/h2-5,12H,6-11H2,1H3. The van der Waals surface area contributed by atoms with E-state index in [1.165, 1.54) is 0 Å². The molecule has 0 bridgehead atoms. The van der Waals surface area contributed by atoms with Gasteiger partial charge in [0.15, 0.2) is 0 Å². The molecule has 1 saturated heterocycles. The summed E-state index contributed by atoms with van der Waals surface area (Å²) in [5.41, 5.74) is 0.747. The minimum atomic E-state index is 0.0302. The number of benzene rings is 1. The molecule has 2 amide bonds. The van der Waals surface area contributed by atoms with Gasteiger partial charge in [0.25, 0.3) is 0 Å². The summed E-state index contributed by atoms with van der Waals surface area (Å²) in [7, 11) is 1.59. The normalized spacial score (nSPS) is 14.4. The Kier molecular flexibility index (Phi) is 5.27. The molecule has 132 valence electrons. The van der Waals surface area contributed by atoms with Gasteiger partial charge in [0.2, 0.25) is 24.0 Å². The second-order valence-corrected chi connectivity index (χ2v) is 5.73. The van der Waals surface area contributed by atoms with Crippen LogP contribution in [0.4, 0.5) is 0 Å². The predicted molar refractivity (Wildman–Crippen MR) is 88.8 cm³/mol. The Labute approximate surface area is 145 Å². The number of carbonyl (C=O) groups is 2. The molecule has 25 heavy (non-hydrogen) atoms. The Balaban J connectivity index is 1.57. The van der Waals surface area contributed by atoms with E-state index in [2.05, 4.69) is 10.1 Å². The van der Waals surface area contributed by atoms with E-state index >= 15 is 0 Å². The lowest BCUT2D eigenvalue weighted by Gasteiger charge is -2.32. The van der Waals surface area contributed by atoms with Gasteiger partial charge in [0.05, 0.1) is 12.7 Å². The second-order valence-electron chi connectivity index (χ2n) is 5.73. The number of amides is 2. The lowest BCUT2D eigenvalue weighted by molar-refractivity contribution is -0.135. The first kappa shape index (κ1) is 16.9. The zero-order valence-corrected chi connectivity index (χ0v) is 14.1. The van der Waals surface area contributed by atoms with Crippen LogP contribution in [0, 0.1) is 0 Å². The van der Waals surface area contributed by atoms with Crippen LogP contribution >= 0.6 is 0 Å². The summed E-state index contributed by atoms with van der Waals surface area (Å²) in [6.45, 7) is 2.28. The molecule has 0 aliphatic carbocycles. The highest BCUT2D eigenvalue weighted by Crippen LogP contribution is 2.27. The predicted octanol–water partition coefficient (Wildman–Crippen LogP) is 0.978. The monoisotopic (exact) mass is 344 g/mol. The van der Waals surface area contributed by atoms with Crippen LogP contribution in [0.25, 0.3) is 11.4 Å². The van der Waals surface area contributed by atoms with Gasteiger partial charge in [-0.15, -0.1) is 0 Å². The van der Waals surface area contributed by atoms with Crippen molar-refractivity contribution >= 4 is 12.3 Å². The maximum atomic E-state index is 12.3. The molecule has 8 nitrogen and oxygen atoms in total. The summed E-state index contributed by atoms with van der Waals surface area (Å²) in [6.07, 6.45) is 1.50. The summed E-state index contributed by atoms with van der Waals surface area (Å²) in [6, 6.07) is 7.42. The molecule has 8 heteroatoms. The maximum absolute atomic E-state index is 12.3. The third-order valence-electron chi connectivity index (χ3n) is 4.18. The van der Waals surface area contributed by atoms with E-state index in [1.807, 2.05) is 24.3 Å². The van der Waals surface area contributed by atoms with E-state index < -0.39 is 0 Å². The van der Waals surface area contributed by atoms with Gasteiger partial charge in [-0.25, -0.2) is 0 Å². The number of carbonyl (C=O) groups excluding carboxylic acids is 2. The van der Waals surface area contributed by atoms with Gasteiger partial charge in [-0.2, -0.15) is 4.98 Å². The molecule has 0 atom stereocenters. The number of hydrogen-bond acceptors (Lipinski definition) is 6. The van der Waals surface area contributed by atoms with Gasteiger partial charge in [0.1, 0.15) is 5.75 Å². The Morgan fingerprint density at radius 3 is 2.76 bits per heavy atom. The quantitative estimate of drug-likeness (QED) is 0.726. The molecule has 0 unspecified atom stereocenters. The van der Waals surface area contributed by atoms with Gasteiger partial charge in [-0.3, -0.25) is 9.59 Å². The van der Waals surface area contributed by atoms with Crippen molar-refractivity contribution in [1.82, 2.24) is 19.9 Å². The van der Waals surface area contributed by atoms with E-state index in [0.717, 1.165) is 12.0 Å². The van der Waals surface area contributed by atoms with E-state index in [9.17, 15) is 9.59 Å². The number of piperazine rings is 1. The zero-order valence-electron chi connectivity index (χ0n) is 14.1. The van der Waals surface area contributed by atoms with Crippen molar-refractivity contribution in [2.45, 2.75) is 12.8 Å². The number of aryl methyl sites for hydroxylation is 1. The maximum Gasteiger partial charge on any atom is 0.227 e. The van der Waals surface area contributed by atoms with E-state index in [4.69, 9.17) is 9.26 Å². The summed E-state index contributed by atoms with van der Waals surface area (Å²) in [4.78, 5) is 30.7. The molecule has 0 spiro atoms. The minimum absolute atomic E-state index is 0.0302. The third kappa shape index (κ3) is 3.96. The molecule has 2 aromatic rings. The van der Waals surface area contributed by atoms with Gasteiger partial charge in [-0.1, -0.05) is 17.3 Å². The number of methoxy groups -OCH3 is 1. The highest BCUT2D eigenvalue weighted by atomic mass is 16.5. The first-order valence-corrected chi connectivity index (χ1v) is 8.14. The van der Waals surface area contributed by atoms with E-state index in [1.54, 1.807) is 16.9 Å². The van der Waals surface area contributed by atoms with Crippen molar-refractivity contribution in [1.29, 1.82) is 0 Å². The molecule has 1 aromatic heterocycles. The zero-order chi connectivity index (χ0) is 17.6. The van der Waals surface area contributed by atoms with Crippen molar-refractivity contribution in [3.05, 3.63) is 30.2 Å². The van der Waals surface area contributed by atoms with Gasteiger partial charge in [0, 0.05) is 39.0 Å². The van der Waals surface area contributed by atoms with E-state index in [0.29, 0.717) is 56.5 Å². The van der Waals surface area contributed by atoms with E-state index in [-0.39, 0.29) is 5.91 Å². The van der Waals surface area contributed by atoms with Crippen molar-refractivity contribution < 1.29 is 18.8 Å². The average Bonchev–Trinajstić information content (AvgIpc) is 3.15. The molecular formula is C17H20N4O4. The van der Waals surface area contributed by atoms with Crippen LogP contribution in [0.1, 0.15) is 12.3 Å². The topological polar surface area (TPSA) is 88.8 Å². The Morgan fingerprint density at radius 1 is 1.28 bits per heavy atom. The summed E-state index contributed by atoms with van der Waals surface area (Å²) >= 11 is 0.